The van der Waals surface area contributed by atoms with Crippen LogP contribution < -0.4 is 10.5 Å². The van der Waals surface area contributed by atoms with Crippen molar-refractivity contribution in [3.8, 4) is 5.75 Å². The molecule has 88 valence electrons. The number of ether oxygens (including phenoxy) is 1. The van der Waals surface area contributed by atoms with Crippen molar-refractivity contribution in [1.82, 2.24) is 0 Å². The van der Waals surface area contributed by atoms with Crippen LogP contribution >= 0.6 is 0 Å². The van der Waals surface area contributed by atoms with Crippen LogP contribution in [0.15, 0.2) is 24.3 Å². The molecular formula is C13H19NO2. The number of anilines is 1. The molecule has 1 aromatic rings. The molecular weight excluding hydrogens is 202 g/mol. The summed E-state index contributed by atoms with van der Waals surface area (Å²) < 4.78 is 5.60. The first-order valence-electron chi connectivity index (χ1n) is 5.89. The average molecular weight is 221 g/mol. The molecule has 0 saturated heterocycles. The second-order valence-electron chi connectivity index (χ2n) is 4.64. The molecule has 0 atom stereocenters. The summed E-state index contributed by atoms with van der Waals surface area (Å²) in [6, 6.07) is 7.28. The largest absolute Gasteiger partial charge is 0.491 e. The van der Waals surface area contributed by atoms with Crippen molar-refractivity contribution >= 4 is 5.69 Å². The summed E-state index contributed by atoms with van der Waals surface area (Å²) in [7, 11) is 0. The average Bonchev–Trinajstić information content (AvgIpc) is 2.29. The molecule has 1 aromatic carbocycles. The van der Waals surface area contributed by atoms with Gasteiger partial charge in [-0.2, -0.15) is 0 Å². The van der Waals surface area contributed by atoms with E-state index in [1.54, 1.807) is 12.1 Å². The third kappa shape index (κ3) is 2.89. The summed E-state index contributed by atoms with van der Waals surface area (Å²) in [5.41, 5.74) is 5.69. The molecule has 0 bridgehead atoms. The molecule has 2 rings (SSSR count). The monoisotopic (exact) mass is 221 g/mol. The molecule has 0 aliphatic heterocycles. The van der Waals surface area contributed by atoms with Gasteiger partial charge in [0.1, 0.15) is 12.4 Å². The summed E-state index contributed by atoms with van der Waals surface area (Å²) >= 11 is 0. The number of hydrogen-bond acceptors (Lipinski definition) is 3. The second kappa shape index (κ2) is 4.74. The topological polar surface area (TPSA) is 55.5 Å². The van der Waals surface area contributed by atoms with Gasteiger partial charge in [0.15, 0.2) is 0 Å². The minimum Gasteiger partial charge on any atom is -0.491 e. The first-order valence-corrected chi connectivity index (χ1v) is 5.89. The van der Waals surface area contributed by atoms with Crippen molar-refractivity contribution in [2.75, 3.05) is 12.3 Å². The predicted molar refractivity (Wildman–Crippen MR) is 64.4 cm³/mol. The highest BCUT2D eigenvalue weighted by Gasteiger charge is 2.29. The van der Waals surface area contributed by atoms with Crippen LogP contribution in [-0.2, 0) is 0 Å². The van der Waals surface area contributed by atoms with Crippen molar-refractivity contribution in [3.63, 3.8) is 0 Å². The number of benzene rings is 1. The molecule has 0 amide bonds. The van der Waals surface area contributed by atoms with E-state index in [1.807, 2.05) is 12.1 Å². The van der Waals surface area contributed by atoms with E-state index in [4.69, 9.17) is 10.5 Å². The Kier molecular flexibility index (Phi) is 3.34. The fourth-order valence-electron chi connectivity index (χ4n) is 2.14. The zero-order valence-electron chi connectivity index (χ0n) is 9.48. The number of nitrogens with two attached hydrogens (primary N) is 1. The van der Waals surface area contributed by atoms with E-state index in [0.717, 1.165) is 37.1 Å². The number of aliphatic hydroxyl groups is 1. The zero-order chi connectivity index (χ0) is 11.4. The third-order valence-electron chi connectivity index (χ3n) is 3.17. The lowest BCUT2D eigenvalue weighted by Gasteiger charge is -2.31. The molecule has 0 heterocycles. The maximum atomic E-state index is 10.2. The zero-order valence-corrected chi connectivity index (χ0v) is 9.48. The number of nitrogen functional groups attached to an aromatic ring is 1. The lowest BCUT2D eigenvalue weighted by Crippen LogP contribution is -2.37. The van der Waals surface area contributed by atoms with Gasteiger partial charge in [-0.3, -0.25) is 0 Å². The summed E-state index contributed by atoms with van der Waals surface area (Å²) in [6.07, 6.45) is 5.12. The van der Waals surface area contributed by atoms with Gasteiger partial charge in [-0.15, -0.1) is 0 Å². The Morgan fingerprint density at radius 2 is 1.75 bits per heavy atom. The molecule has 1 fully saturated rings. The molecule has 1 saturated carbocycles. The highest BCUT2D eigenvalue weighted by atomic mass is 16.5. The molecule has 0 unspecified atom stereocenters. The van der Waals surface area contributed by atoms with Gasteiger partial charge in [-0.25, -0.2) is 0 Å². The Labute approximate surface area is 96.2 Å². The van der Waals surface area contributed by atoms with Crippen LogP contribution in [0.3, 0.4) is 0 Å². The Hall–Kier alpha value is -1.22. The second-order valence-corrected chi connectivity index (χ2v) is 4.64. The standard InChI is InChI=1S/C13H19NO2/c14-11-4-6-12(7-5-11)16-10-13(15)8-2-1-3-9-13/h4-7,15H,1-3,8-10,14H2. The van der Waals surface area contributed by atoms with Gasteiger partial charge in [0.2, 0.25) is 0 Å². The highest BCUT2D eigenvalue weighted by molar-refractivity contribution is 5.41. The molecule has 1 aliphatic rings. The highest BCUT2D eigenvalue weighted by Crippen LogP contribution is 2.28. The van der Waals surface area contributed by atoms with Crippen molar-refractivity contribution in [1.29, 1.82) is 0 Å². The lowest BCUT2D eigenvalue weighted by atomic mass is 9.85. The van der Waals surface area contributed by atoms with Gasteiger partial charge >= 0.3 is 0 Å². The Morgan fingerprint density at radius 3 is 2.38 bits per heavy atom. The predicted octanol–water partition coefficient (Wildman–Crippen LogP) is 2.34. The van der Waals surface area contributed by atoms with E-state index in [9.17, 15) is 5.11 Å². The molecule has 3 heteroatoms. The summed E-state index contributed by atoms with van der Waals surface area (Å²) in [5.74, 6) is 0.771. The van der Waals surface area contributed by atoms with Crippen molar-refractivity contribution in [2.45, 2.75) is 37.7 Å². The van der Waals surface area contributed by atoms with E-state index in [0.29, 0.717) is 6.61 Å². The number of hydrogen-bond donors (Lipinski definition) is 2. The maximum absolute atomic E-state index is 10.2. The van der Waals surface area contributed by atoms with E-state index < -0.39 is 5.60 Å². The summed E-state index contributed by atoms with van der Waals surface area (Å²) in [5, 5.41) is 10.2. The lowest BCUT2D eigenvalue weighted by molar-refractivity contribution is -0.0338. The van der Waals surface area contributed by atoms with Crippen molar-refractivity contribution in [3.05, 3.63) is 24.3 Å². The van der Waals surface area contributed by atoms with Crippen LogP contribution in [0.2, 0.25) is 0 Å². The van der Waals surface area contributed by atoms with Crippen molar-refractivity contribution < 1.29 is 9.84 Å². The van der Waals surface area contributed by atoms with Gasteiger partial charge < -0.3 is 15.6 Å². The smallest absolute Gasteiger partial charge is 0.119 e. The van der Waals surface area contributed by atoms with Gasteiger partial charge in [0.25, 0.3) is 0 Å². The normalized spacial score (nSPS) is 19.3. The number of rotatable bonds is 3. The molecule has 16 heavy (non-hydrogen) atoms. The Morgan fingerprint density at radius 1 is 1.12 bits per heavy atom. The minimum absolute atomic E-state index is 0.386. The first kappa shape index (κ1) is 11.3. The first-order chi connectivity index (χ1) is 7.68. The van der Waals surface area contributed by atoms with Crippen LogP contribution in [0.5, 0.6) is 5.75 Å². The molecule has 0 radical (unpaired) electrons. The molecule has 3 nitrogen and oxygen atoms in total. The maximum Gasteiger partial charge on any atom is 0.119 e. The quantitative estimate of drug-likeness (QED) is 0.770. The minimum atomic E-state index is -0.625. The fraction of sp³-hybridized carbons (Fsp3) is 0.538. The third-order valence-corrected chi connectivity index (χ3v) is 3.17. The SMILES string of the molecule is Nc1ccc(OCC2(O)CCCCC2)cc1. The van der Waals surface area contributed by atoms with Gasteiger partial charge in [-0.1, -0.05) is 19.3 Å². The fourth-order valence-corrected chi connectivity index (χ4v) is 2.14. The van der Waals surface area contributed by atoms with E-state index >= 15 is 0 Å². The molecule has 0 spiro atoms. The van der Waals surface area contributed by atoms with E-state index in [1.165, 1.54) is 6.42 Å². The molecule has 3 N–H and O–H groups in total. The van der Waals surface area contributed by atoms with Crippen LogP contribution in [-0.4, -0.2) is 17.3 Å². The summed E-state index contributed by atoms with van der Waals surface area (Å²) in [6.45, 7) is 0.386. The van der Waals surface area contributed by atoms with Crippen LogP contribution in [0.1, 0.15) is 32.1 Å². The Balaban J connectivity index is 1.88. The van der Waals surface area contributed by atoms with E-state index in [-0.39, 0.29) is 0 Å². The van der Waals surface area contributed by atoms with Gasteiger partial charge in [0.05, 0.1) is 5.60 Å². The van der Waals surface area contributed by atoms with Gasteiger partial charge in [0, 0.05) is 5.69 Å². The van der Waals surface area contributed by atoms with Crippen molar-refractivity contribution in [2.24, 2.45) is 0 Å². The Bertz CT molecular complexity index is 328. The molecule has 1 aliphatic carbocycles. The molecule has 0 aromatic heterocycles. The van der Waals surface area contributed by atoms with Gasteiger partial charge in [-0.05, 0) is 37.1 Å². The van der Waals surface area contributed by atoms with E-state index in [2.05, 4.69) is 0 Å². The van der Waals surface area contributed by atoms with Crippen LogP contribution in [0.25, 0.3) is 0 Å². The van der Waals surface area contributed by atoms with Crippen LogP contribution in [0, 0.1) is 0 Å². The van der Waals surface area contributed by atoms with Crippen LogP contribution in [0.4, 0.5) is 5.69 Å². The summed E-state index contributed by atoms with van der Waals surface area (Å²) in [4.78, 5) is 0.